The Morgan fingerprint density at radius 1 is 1.02 bits per heavy atom. The predicted octanol–water partition coefficient (Wildman–Crippen LogP) is 5.61. The van der Waals surface area contributed by atoms with Gasteiger partial charge in [-0.2, -0.15) is 17.5 Å². The van der Waals surface area contributed by atoms with Crippen molar-refractivity contribution in [2.24, 2.45) is 0 Å². The molecule has 4 heterocycles. The lowest BCUT2D eigenvalue weighted by Gasteiger charge is -2.23. The number of amides is 1. The molecule has 1 N–H and O–H groups in total. The third kappa shape index (κ3) is 5.12. The van der Waals surface area contributed by atoms with E-state index in [1.165, 1.54) is 24.4 Å². The molecule has 0 aliphatic carbocycles. The Balaban J connectivity index is 1.25. The molecule has 13 heteroatoms. The van der Waals surface area contributed by atoms with Crippen LogP contribution < -0.4 is 5.32 Å². The van der Waals surface area contributed by atoms with Crippen LogP contribution in [0.3, 0.4) is 0 Å². The second-order valence-electron chi connectivity index (χ2n) is 9.58. The number of hydrogen-bond acceptors (Lipinski definition) is 6. The van der Waals surface area contributed by atoms with Gasteiger partial charge in [0.1, 0.15) is 17.4 Å². The highest BCUT2D eigenvalue weighted by Crippen LogP contribution is 2.39. The topological polar surface area (TPSA) is 105 Å². The first-order valence-corrected chi connectivity index (χ1v) is 14.0. The molecule has 1 aliphatic rings. The average Bonchev–Trinajstić information content (AvgIpc) is 3.58. The first kappa shape index (κ1) is 27.5. The minimum absolute atomic E-state index is 0.0880. The smallest absolute Gasteiger partial charge is 0.417 e. The van der Waals surface area contributed by atoms with Crippen LogP contribution in [0.1, 0.15) is 28.4 Å². The third-order valence-electron chi connectivity index (χ3n) is 6.88. The van der Waals surface area contributed by atoms with E-state index >= 15 is 0 Å². The van der Waals surface area contributed by atoms with Crippen LogP contribution in [0.5, 0.6) is 0 Å². The van der Waals surface area contributed by atoms with E-state index < -0.39 is 44.6 Å². The normalized spacial score (nSPS) is 15.6. The van der Waals surface area contributed by atoms with E-state index in [9.17, 15) is 30.8 Å². The second-order valence-corrected chi connectivity index (χ2v) is 11.4. The van der Waals surface area contributed by atoms with Crippen LogP contribution in [0, 0.1) is 5.82 Å². The fourth-order valence-corrected chi connectivity index (χ4v) is 6.33. The van der Waals surface area contributed by atoms with Gasteiger partial charge in [-0.15, -0.1) is 0 Å². The number of furan rings is 1. The van der Waals surface area contributed by atoms with Crippen LogP contribution in [-0.4, -0.2) is 28.6 Å². The standard InChI is InChI=1S/C29H20F4N4O4S/c30-21-6-8-25-19(11-21)13-26(41-25)42(39,40)37-16-18-3-1-2-4-23(18)27(37)28(38)36-15-22-12-17(9-10-34-22)24-7-5-20(14-35-24)29(31,32)33/h1-14,27H,15-16H2,(H,36,38)/t27-/m0/s1. The minimum atomic E-state index is -4.51. The van der Waals surface area contributed by atoms with Crippen LogP contribution in [-0.2, 0) is 34.1 Å². The molecule has 3 aromatic heterocycles. The lowest BCUT2D eigenvalue weighted by atomic mass is 10.0. The molecule has 1 aliphatic heterocycles. The number of nitrogens with zero attached hydrogens (tertiary/aromatic N) is 3. The van der Waals surface area contributed by atoms with Gasteiger partial charge in [0.25, 0.3) is 10.0 Å². The Hall–Kier alpha value is -4.62. The monoisotopic (exact) mass is 596 g/mol. The van der Waals surface area contributed by atoms with Gasteiger partial charge >= 0.3 is 6.18 Å². The lowest BCUT2D eigenvalue weighted by Crippen LogP contribution is -2.39. The van der Waals surface area contributed by atoms with Crippen LogP contribution in [0.2, 0.25) is 0 Å². The summed E-state index contributed by atoms with van der Waals surface area (Å²) in [5, 5.41) is 2.56. The molecule has 0 radical (unpaired) electrons. The number of sulfonamides is 1. The summed E-state index contributed by atoms with van der Waals surface area (Å²) in [4.78, 5) is 21.6. The van der Waals surface area contributed by atoms with Gasteiger partial charge < -0.3 is 9.73 Å². The fourth-order valence-electron chi connectivity index (χ4n) is 4.83. The molecular weight excluding hydrogens is 576 g/mol. The van der Waals surface area contributed by atoms with Crippen LogP contribution >= 0.6 is 0 Å². The number of benzene rings is 2. The van der Waals surface area contributed by atoms with E-state index in [2.05, 4.69) is 15.3 Å². The van der Waals surface area contributed by atoms with Gasteiger partial charge in [0.05, 0.1) is 23.5 Å². The maximum absolute atomic E-state index is 13.7. The SMILES string of the molecule is O=C(NCc1cc(-c2ccc(C(F)(F)F)cn2)ccn1)[C@@H]1c2ccccc2CN1S(=O)(=O)c1cc2cc(F)ccc2o1. The van der Waals surface area contributed by atoms with Crippen LogP contribution in [0.25, 0.3) is 22.2 Å². The molecule has 5 aromatic rings. The zero-order chi connectivity index (χ0) is 29.6. The molecule has 0 unspecified atom stereocenters. The summed E-state index contributed by atoms with van der Waals surface area (Å²) in [6, 6.07) is 15.8. The maximum Gasteiger partial charge on any atom is 0.417 e. The van der Waals surface area contributed by atoms with Crippen LogP contribution in [0.15, 0.2) is 94.7 Å². The van der Waals surface area contributed by atoms with E-state index in [-0.39, 0.29) is 29.8 Å². The predicted molar refractivity (Wildman–Crippen MR) is 142 cm³/mol. The lowest BCUT2D eigenvalue weighted by molar-refractivity contribution is -0.137. The number of fused-ring (bicyclic) bond motifs is 2. The number of carbonyl (C=O) groups is 1. The Morgan fingerprint density at radius 3 is 2.60 bits per heavy atom. The number of halogens is 4. The van der Waals surface area contributed by atoms with Crippen molar-refractivity contribution in [2.45, 2.75) is 30.4 Å². The number of hydrogen-bond donors (Lipinski definition) is 1. The van der Waals surface area contributed by atoms with Crippen molar-refractivity contribution in [2.75, 3.05) is 0 Å². The van der Waals surface area contributed by atoms with E-state index in [1.807, 2.05) is 0 Å². The molecule has 0 saturated carbocycles. The summed E-state index contributed by atoms with van der Waals surface area (Å²) < 4.78 is 86.3. The molecule has 6 rings (SSSR count). The number of pyridine rings is 2. The quantitative estimate of drug-likeness (QED) is 0.256. The molecule has 42 heavy (non-hydrogen) atoms. The maximum atomic E-state index is 13.7. The molecule has 2 aromatic carbocycles. The number of carbonyl (C=O) groups excluding carboxylic acids is 1. The number of alkyl halides is 3. The first-order chi connectivity index (χ1) is 20.0. The zero-order valence-corrected chi connectivity index (χ0v) is 22.3. The van der Waals surface area contributed by atoms with Crippen molar-refractivity contribution in [1.82, 2.24) is 19.6 Å². The molecule has 0 bridgehead atoms. The summed E-state index contributed by atoms with van der Waals surface area (Å²) >= 11 is 0. The molecule has 0 spiro atoms. The second kappa shape index (κ2) is 10.3. The van der Waals surface area contributed by atoms with Crippen molar-refractivity contribution < 1.29 is 35.2 Å². The molecule has 0 fully saturated rings. The highest BCUT2D eigenvalue weighted by molar-refractivity contribution is 7.89. The van der Waals surface area contributed by atoms with Crippen molar-refractivity contribution >= 4 is 26.9 Å². The van der Waals surface area contributed by atoms with E-state index in [0.29, 0.717) is 22.4 Å². The van der Waals surface area contributed by atoms with Gasteiger partial charge in [-0.3, -0.25) is 14.8 Å². The Bertz CT molecular complexity index is 1920. The van der Waals surface area contributed by atoms with Crippen LogP contribution in [0.4, 0.5) is 17.6 Å². The summed E-state index contributed by atoms with van der Waals surface area (Å²) in [5.41, 5.74) is 1.58. The van der Waals surface area contributed by atoms with Crippen molar-refractivity contribution in [3.05, 3.63) is 113 Å². The molecule has 0 saturated heterocycles. The van der Waals surface area contributed by atoms with E-state index in [1.54, 1.807) is 36.4 Å². The Kier molecular flexibility index (Phi) is 6.78. The molecule has 214 valence electrons. The fraction of sp³-hybridized carbons (Fsp3) is 0.138. The van der Waals surface area contributed by atoms with E-state index in [0.717, 1.165) is 28.7 Å². The average molecular weight is 597 g/mol. The van der Waals surface area contributed by atoms with Crippen molar-refractivity contribution in [3.63, 3.8) is 0 Å². The van der Waals surface area contributed by atoms with Gasteiger partial charge in [-0.25, -0.2) is 12.8 Å². The Morgan fingerprint density at radius 2 is 1.83 bits per heavy atom. The molecular formula is C29H20F4N4O4S. The van der Waals surface area contributed by atoms with Crippen molar-refractivity contribution in [3.8, 4) is 11.3 Å². The summed E-state index contributed by atoms with van der Waals surface area (Å²) in [6.07, 6.45) is -2.34. The minimum Gasteiger partial charge on any atom is -0.443 e. The molecule has 1 atom stereocenters. The van der Waals surface area contributed by atoms with Gasteiger partial charge in [0, 0.05) is 36.0 Å². The zero-order valence-electron chi connectivity index (χ0n) is 21.5. The summed E-state index contributed by atoms with van der Waals surface area (Å²) in [5.74, 6) is -1.17. The van der Waals surface area contributed by atoms with Gasteiger partial charge in [0.15, 0.2) is 0 Å². The van der Waals surface area contributed by atoms with Gasteiger partial charge in [-0.1, -0.05) is 24.3 Å². The highest BCUT2D eigenvalue weighted by atomic mass is 32.2. The van der Waals surface area contributed by atoms with Crippen molar-refractivity contribution in [1.29, 1.82) is 0 Å². The summed E-state index contributed by atoms with van der Waals surface area (Å²) in [6.45, 7) is -0.181. The number of aromatic nitrogens is 2. The molecule has 8 nitrogen and oxygen atoms in total. The largest absolute Gasteiger partial charge is 0.443 e. The third-order valence-corrected chi connectivity index (χ3v) is 8.54. The molecule has 1 amide bonds. The number of nitrogens with one attached hydrogen (secondary N) is 1. The Labute approximate surface area is 236 Å². The highest BCUT2D eigenvalue weighted by Gasteiger charge is 2.44. The van der Waals surface area contributed by atoms with Gasteiger partial charge in [-0.05, 0) is 53.6 Å². The summed E-state index contributed by atoms with van der Waals surface area (Å²) in [7, 11) is -4.34. The van der Waals surface area contributed by atoms with E-state index in [4.69, 9.17) is 4.42 Å². The van der Waals surface area contributed by atoms with Gasteiger partial charge in [0.2, 0.25) is 11.0 Å². The first-order valence-electron chi connectivity index (χ1n) is 12.6. The number of rotatable bonds is 6.